The van der Waals surface area contributed by atoms with E-state index in [4.69, 9.17) is 4.74 Å². The first-order chi connectivity index (χ1) is 12.0. The normalized spacial score (nSPS) is 13.8. The van der Waals surface area contributed by atoms with E-state index in [1.165, 1.54) is 31.2 Å². The van der Waals surface area contributed by atoms with Crippen LogP contribution in [-0.2, 0) is 4.79 Å². The number of carbonyl (C=O) groups is 1. The predicted octanol–water partition coefficient (Wildman–Crippen LogP) is 3.85. The number of rotatable bonds is 4. The standard InChI is InChI=1S/C17H16F3N3O2/c1-10(24)21-11-4-6-12(7-5-11)25-15-13(18)16(20)22-17(14(15)19)23-8-2-3-9-23/h4-7H,2-3,8-9H2,1H3,(H,21,24). The third-order valence-electron chi connectivity index (χ3n) is 3.78. The van der Waals surface area contributed by atoms with Crippen LogP contribution in [0.25, 0.3) is 0 Å². The summed E-state index contributed by atoms with van der Waals surface area (Å²) >= 11 is 0. The lowest BCUT2D eigenvalue weighted by molar-refractivity contribution is -0.114. The Bertz CT molecular complexity index is 791. The van der Waals surface area contributed by atoms with Crippen molar-refractivity contribution in [1.82, 2.24) is 4.98 Å². The van der Waals surface area contributed by atoms with E-state index >= 15 is 0 Å². The third kappa shape index (κ3) is 3.67. The second-order valence-electron chi connectivity index (χ2n) is 5.69. The molecule has 1 saturated heterocycles. The number of amides is 1. The van der Waals surface area contributed by atoms with Crippen LogP contribution in [0, 0.1) is 17.6 Å². The fraction of sp³-hybridized carbons (Fsp3) is 0.294. The van der Waals surface area contributed by atoms with Gasteiger partial charge in [0.05, 0.1) is 0 Å². The summed E-state index contributed by atoms with van der Waals surface area (Å²) in [6, 6.07) is 5.84. The van der Waals surface area contributed by atoms with Crippen LogP contribution in [0.1, 0.15) is 19.8 Å². The minimum absolute atomic E-state index is 0.102. The van der Waals surface area contributed by atoms with E-state index in [1.807, 2.05) is 0 Å². The minimum atomic E-state index is -1.48. The van der Waals surface area contributed by atoms with Crippen molar-refractivity contribution in [3.05, 3.63) is 41.8 Å². The number of pyridine rings is 1. The van der Waals surface area contributed by atoms with Crippen molar-refractivity contribution in [2.75, 3.05) is 23.3 Å². The van der Waals surface area contributed by atoms with Gasteiger partial charge in [0.1, 0.15) is 5.75 Å². The maximum atomic E-state index is 14.6. The van der Waals surface area contributed by atoms with Crippen LogP contribution >= 0.6 is 0 Å². The van der Waals surface area contributed by atoms with E-state index < -0.39 is 23.3 Å². The predicted molar refractivity (Wildman–Crippen MR) is 86.4 cm³/mol. The Morgan fingerprint density at radius 3 is 2.36 bits per heavy atom. The van der Waals surface area contributed by atoms with Gasteiger partial charge in [0.2, 0.25) is 23.3 Å². The lowest BCUT2D eigenvalue weighted by atomic mass is 10.3. The van der Waals surface area contributed by atoms with Gasteiger partial charge in [0.15, 0.2) is 5.82 Å². The van der Waals surface area contributed by atoms with E-state index in [9.17, 15) is 18.0 Å². The van der Waals surface area contributed by atoms with Crippen LogP contribution < -0.4 is 15.0 Å². The van der Waals surface area contributed by atoms with Crippen LogP contribution in [0.2, 0.25) is 0 Å². The summed E-state index contributed by atoms with van der Waals surface area (Å²) in [6.07, 6.45) is 1.67. The first kappa shape index (κ1) is 17.1. The zero-order chi connectivity index (χ0) is 18.0. The summed E-state index contributed by atoms with van der Waals surface area (Å²) in [5.74, 6) is -5.16. The molecule has 0 unspecified atom stereocenters. The Balaban J connectivity index is 1.89. The number of ether oxygens (including phenoxy) is 1. The minimum Gasteiger partial charge on any atom is -0.451 e. The topological polar surface area (TPSA) is 54.5 Å². The third-order valence-corrected chi connectivity index (χ3v) is 3.78. The van der Waals surface area contributed by atoms with Gasteiger partial charge in [-0.1, -0.05) is 0 Å². The maximum absolute atomic E-state index is 14.6. The molecule has 0 bridgehead atoms. The van der Waals surface area contributed by atoms with Gasteiger partial charge in [-0.2, -0.15) is 18.2 Å². The zero-order valence-electron chi connectivity index (χ0n) is 13.5. The number of aromatic nitrogens is 1. The second-order valence-corrected chi connectivity index (χ2v) is 5.69. The molecule has 1 aliphatic heterocycles. The van der Waals surface area contributed by atoms with Crippen molar-refractivity contribution in [1.29, 1.82) is 0 Å². The lowest BCUT2D eigenvalue weighted by Crippen LogP contribution is -2.21. The average Bonchev–Trinajstić information content (AvgIpc) is 3.10. The second kappa shape index (κ2) is 7.00. The lowest BCUT2D eigenvalue weighted by Gasteiger charge is -2.19. The molecule has 1 fully saturated rings. The molecule has 0 radical (unpaired) electrons. The highest BCUT2D eigenvalue weighted by Gasteiger charge is 2.27. The molecule has 8 heteroatoms. The van der Waals surface area contributed by atoms with Gasteiger partial charge in [-0.15, -0.1) is 0 Å². The Morgan fingerprint density at radius 1 is 1.12 bits per heavy atom. The highest BCUT2D eigenvalue weighted by Crippen LogP contribution is 2.34. The molecule has 25 heavy (non-hydrogen) atoms. The molecule has 0 atom stereocenters. The molecule has 0 spiro atoms. The van der Waals surface area contributed by atoms with Gasteiger partial charge >= 0.3 is 0 Å². The summed E-state index contributed by atoms with van der Waals surface area (Å²) in [7, 11) is 0. The van der Waals surface area contributed by atoms with E-state index in [0.717, 1.165) is 12.8 Å². The molecule has 0 saturated carbocycles. The van der Waals surface area contributed by atoms with E-state index in [1.54, 1.807) is 4.90 Å². The van der Waals surface area contributed by atoms with Gasteiger partial charge in [-0.25, -0.2) is 0 Å². The zero-order valence-corrected chi connectivity index (χ0v) is 13.5. The molecule has 1 N–H and O–H groups in total. The number of anilines is 2. The van der Waals surface area contributed by atoms with Crippen molar-refractivity contribution < 1.29 is 22.7 Å². The van der Waals surface area contributed by atoms with Gasteiger partial charge in [-0.05, 0) is 37.1 Å². The monoisotopic (exact) mass is 351 g/mol. The Kier molecular flexibility index (Phi) is 4.78. The number of benzene rings is 1. The van der Waals surface area contributed by atoms with Gasteiger partial charge in [-0.3, -0.25) is 4.79 Å². The van der Waals surface area contributed by atoms with E-state index in [-0.39, 0.29) is 17.5 Å². The molecule has 3 rings (SSSR count). The summed E-state index contributed by atoms with van der Waals surface area (Å²) in [5.41, 5.74) is 0.499. The number of halogens is 3. The van der Waals surface area contributed by atoms with Crippen LogP contribution in [0.3, 0.4) is 0 Å². The van der Waals surface area contributed by atoms with E-state index in [0.29, 0.717) is 18.8 Å². The number of hydrogen-bond donors (Lipinski definition) is 1. The van der Waals surface area contributed by atoms with Crippen LogP contribution in [0.4, 0.5) is 24.7 Å². The molecule has 132 valence electrons. The first-order valence-electron chi connectivity index (χ1n) is 7.80. The molecule has 1 aromatic carbocycles. The van der Waals surface area contributed by atoms with Crippen LogP contribution in [-0.4, -0.2) is 24.0 Å². The molecule has 1 aliphatic rings. The highest BCUT2D eigenvalue weighted by atomic mass is 19.2. The molecule has 1 aromatic heterocycles. The molecule has 0 aliphatic carbocycles. The maximum Gasteiger partial charge on any atom is 0.255 e. The number of nitrogens with one attached hydrogen (secondary N) is 1. The summed E-state index contributed by atoms with van der Waals surface area (Å²) in [4.78, 5) is 15.9. The highest BCUT2D eigenvalue weighted by molar-refractivity contribution is 5.88. The summed E-state index contributed by atoms with van der Waals surface area (Å²) < 4.78 is 47.6. The number of hydrogen-bond acceptors (Lipinski definition) is 4. The van der Waals surface area contributed by atoms with Crippen molar-refractivity contribution in [3.63, 3.8) is 0 Å². The Hall–Kier alpha value is -2.77. The molecular formula is C17H16F3N3O2. The first-order valence-corrected chi connectivity index (χ1v) is 7.80. The molecule has 2 aromatic rings. The van der Waals surface area contributed by atoms with Crippen molar-refractivity contribution in [2.45, 2.75) is 19.8 Å². The number of carbonyl (C=O) groups excluding carboxylic acids is 1. The average molecular weight is 351 g/mol. The van der Waals surface area contributed by atoms with Crippen molar-refractivity contribution in [3.8, 4) is 11.5 Å². The van der Waals surface area contributed by atoms with Gasteiger partial charge < -0.3 is 15.0 Å². The van der Waals surface area contributed by atoms with Gasteiger partial charge in [0.25, 0.3) is 5.95 Å². The van der Waals surface area contributed by atoms with Gasteiger partial charge in [0, 0.05) is 25.7 Å². The summed E-state index contributed by atoms with van der Waals surface area (Å²) in [5, 5.41) is 2.55. The molecule has 5 nitrogen and oxygen atoms in total. The Morgan fingerprint density at radius 2 is 1.76 bits per heavy atom. The van der Waals surface area contributed by atoms with Crippen LogP contribution in [0.5, 0.6) is 11.5 Å². The quantitative estimate of drug-likeness (QED) is 0.850. The van der Waals surface area contributed by atoms with Crippen molar-refractivity contribution >= 4 is 17.4 Å². The van der Waals surface area contributed by atoms with Crippen molar-refractivity contribution in [2.24, 2.45) is 0 Å². The number of nitrogens with zero attached hydrogens (tertiary/aromatic N) is 2. The fourth-order valence-electron chi connectivity index (χ4n) is 2.64. The Labute approximate surface area is 142 Å². The van der Waals surface area contributed by atoms with E-state index in [2.05, 4.69) is 10.3 Å². The fourth-order valence-corrected chi connectivity index (χ4v) is 2.64. The SMILES string of the molecule is CC(=O)Nc1ccc(Oc2c(F)c(F)nc(N3CCCC3)c2F)cc1. The van der Waals surface area contributed by atoms with Crippen LogP contribution in [0.15, 0.2) is 24.3 Å². The largest absolute Gasteiger partial charge is 0.451 e. The molecule has 2 heterocycles. The molecular weight excluding hydrogens is 335 g/mol. The molecule has 1 amide bonds. The summed E-state index contributed by atoms with van der Waals surface area (Å²) in [6.45, 7) is 2.41. The smallest absolute Gasteiger partial charge is 0.255 e.